The standard InChI is InChI=1S/C27H25N3O4S/c1-34-19-11-9-17(10-12-19)15-18-5-4-7-21-24(20-6-2-3-8-22(20)29-25(18)21)26(32)28-13-14-30-23(31)16-35-27(30)33/h2-3,6,8-12,15H,4-5,7,13-14,16H2,1H3,(H,28,32). The van der Waals surface area contributed by atoms with Gasteiger partial charge in [-0.05, 0) is 60.2 Å². The number of carbonyl (C=O) groups is 3. The number of hydrogen-bond donors (Lipinski definition) is 1. The summed E-state index contributed by atoms with van der Waals surface area (Å²) in [6.45, 7) is 0.376. The number of amides is 3. The third-order valence-corrected chi connectivity index (χ3v) is 7.17. The lowest BCUT2D eigenvalue weighted by atomic mass is 9.85. The molecule has 2 heterocycles. The third-order valence-electron chi connectivity index (χ3n) is 6.32. The summed E-state index contributed by atoms with van der Waals surface area (Å²) in [6, 6.07) is 15.5. The van der Waals surface area contributed by atoms with Crippen molar-refractivity contribution in [3.63, 3.8) is 0 Å². The average Bonchev–Trinajstić information content (AvgIpc) is 3.20. The number of aromatic nitrogens is 1. The number of pyridine rings is 1. The number of hydrogen-bond acceptors (Lipinski definition) is 6. The molecule has 0 bridgehead atoms. The molecule has 0 radical (unpaired) electrons. The van der Waals surface area contributed by atoms with Gasteiger partial charge in [0, 0.05) is 18.5 Å². The molecule has 1 aromatic heterocycles. The normalized spacial score (nSPS) is 16.6. The van der Waals surface area contributed by atoms with Crippen LogP contribution >= 0.6 is 11.8 Å². The predicted octanol–water partition coefficient (Wildman–Crippen LogP) is 4.55. The molecule has 1 fully saturated rings. The summed E-state index contributed by atoms with van der Waals surface area (Å²) in [7, 11) is 1.65. The zero-order valence-corrected chi connectivity index (χ0v) is 20.2. The van der Waals surface area contributed by atoms with Gasteiger partial charge in [-0.3, -0.25) is 19.3 Å². The minimum Gasteiger partial charge on any atom is -0.497 e. The number of nitrogens with one attached hydrogen (secondary N) is 1. The lowest BCUT2D eigenvalue weighted by Gasteiger charge is -2.23. The van der Waals surface area contributed by atoms with E-state index in [4.69, 9.17) is 9.72 Å². The van der Waals surface area contributed by atoms with Crippen molar-refractivity contribution in [2.45, 2.75) is 19.3 Å². The van der Waals surface area contributed by atoms with E-state index in [1.165, 1.54) is 4.90 Å². The van der Waals surface area contributed by atoms with Crippen LogP contribution in [0.5, 0.6) is 5.75 Å². The zero-order valence-electron chi connectivity index (χ0n) is 19.4. The van der Waals surface area contributed by atoms with Crippen molar-refractivity contribution in [2.24, 2.45) is 0 Å². The van der Waals surface area contributed by atoms with Crippen molar-refractivity contribution in [1.29, 1.82) is 0 Å². The monoisotopic (exact) mass is 487 g/mol. The lowest BCUT2D eigenvalue weighted by molar-refractivity contribution is -0.124. The molecule has 3 aromatic rings. The number of para-hydroxylation sites is 1. The van der Waals surface area contributed by atoms with E-state index in [9.17, 15) is 14.4 Å². The first-order valence-corrected chi connectivity index (χ1v) is 12.6. The molecule has 5 rings (SSSR count). The Balaban J connectivity index is 1.48. The predicted molar refractivity (Wildman–Crippen MR) is 137 cm³/mol. The molecule has 8 heteroatoms. The highest BCUT2D eigenvalue weighted by Crippen LogP contribution is 2.36. The molecule has 2 aliphatic rings. The Bertz CT molecular complexity index is 1330. The van der Waals surface area contributed by atoms with Gasteiger partial charge in [-0.2, -0.15) is 0 Å². The number of benzene rings is 2. The van der Waals surface area contributed by atoms with Gasteiger partial charge in [-0.1, -0.05) is 42.1 Å². The number of nitrogens with zero attached hydrogens (tertiary/aromatic N) is 2. The van der Waals surface area contributed by atoms with E-state index in [0.717, 1.165) is 70.1 Å². The number of allylic oxidation sites excluding steroid dienone is 1. The topological polar surface area (TPSA) is 88.6 Å². The highest BCUT2D eigenvalue weighted by atomic mass is 32.2. The van der Waals surface area contributed by atoms with E-state index < -0.39 is 0 Å². The van der Waals surface area contributed by atoms with E-state index in [1.807, 2.05) is 48.5 Å². The fourth-order valence-corrected chi connectivity index (χ4v) is 5.35. The van der Waals surface area contributed by atoms with Crippen LogP contribution in [0.4, 0.5) is 4.79 Å². The summed E-state index contributed by atoms with van der Waals surface area (Å²) < 4.78 is 5.26. The van der Waals surface area contributed by atoms with Crippen LogP contribution in [0.25, 0.3) is 22.6 Å². The zero-order chi connectivity index (χ0) is 24.4. The number of carbonyl (C=O) groups excluding carboxylic acids is 3. The minimum absolute atomic E-state index is 0.165. The van der Waals surface area contributed by atoms with Gasteiger partial charge in [0.25, 0.3) is 11.1 Å². The van der Waals surface area contributed by atoms with Crippen LogP contribution in [0.15, 0.2) is 48.5 Å². The highest BCUT2D eigenvalue weighted by Gasteiger charge is 2.30. The quantitative estimate of drug-likeness (QED) is 0.549. The first-order valence-electron chi connectivity index (χ1n) is 11.6. The molecule has 1 N–H and O–H groups in total. The van der Waals surface area contributed by atoms with Crippen LogP contribution in [0.1, 0.15) is 40.0 Å². The Morgan fingerprint density at radius 3 is 2.69 bits per heavy atom. The SMILES string of the molecule is COc1ccc(C=C2CCCc3c2nc2ccccc2c3C(=O)NCCN2C(=O)CSC2=O)cc1. The van der Waals surface area contributed by atoms with Crippen molar-refractivity contribution in [3.05, 3.63) is 70.9 Å². The maximum atomic E-state index is 13.4. The minimum atomic E-state index is -0.260. The largest absolute Gasteiger partial charge is 0.497 e. The molecule has 1 aliphatic heterocycles. The van der Waals surface area contributed by atoms with E-state index >= 15 is 0 Å². The van der Waals surface area contributed by atoms with Gasteiger partial charge in [0.05, 0.1) is 29.6 Å². The number of methoxy groups -OCH3 is 1. The van der Waals surface area contributed by atoms with Crippen LogP contribution < -0.4 is 10.1 Å². The van der Waals surface area contributed by atoms with Gasteiger partial charge in [0.15, 0.2) is 0 Å². The summed E-state index contributed by atoms with van der Waals surface area (Å²) in [5.74, 6) is 0.542. The van der Waals surface area contributed by atoms with E-state index in [2.05, 4.69) is 11.4 Å². The van der Waals surface area contributed by atoms with Crippen LogP contribution in [-0.4, -0.2) is 52.9 Å². The number of thioether (sulfide) groups is 1. The maximum absolute atomic E-state index is 13.4. The first-order chi connectivity index (χ1) is 17.0. The molecular weight excluding hydrogens is 462 g/mol. The van der Waals surface area contributed by atoms with Gasteiger partial charge in [-0.25, -0.2) is 4.98 Å². The summed E-state index contributed by atoms with van der Waals surface area (Å²) in [5.41, 5.74) is 5.34. The molecule has 0 atom stereocenters. The molecular formula is C27H25N3O4S. The molecule has 0 saturated carbocycles. The third kappa shape index (κ3) is 4.66. The molecule has 0 unspecified atom stereocenters. The highest BCUT2D eigenvalue weighted by molar-refractivity contribution is 8.14. The van der Waals surface area contributed by atoms with Crippen LogP contribution in [0.2, 0.25) is 0 Å². The van der Waals surface area contributed by atoms with E-state index in [1.54, 1.807) is 7.11 Å². The number of fused-ring (bicyclic) bond motifs is 2. The Kier molecular flexibility index (Phi) is 6.55. The van der Waals surface area contributed by atoms with Crippen LogP contribution in [0.3, 0.4) is 0 Å². The Hall–Kier alpha value is -3.65. The number of rotatable bonds is 6. The van der Waals surface area contributed by atoms with Crippen molar-refractivity contribution < 1.29 is 19.1 Å². The van der Waals surface area contributed by atoms with Crippen molar-refractivity contribution in [1.82, 2.24) is 15.2 Å². The van der Waals surface area contributed by atoms with Crippen molar-refractivity contribution in [2.75, 3.05) is 26.0 Å². The van der Waals surface area contributed by atoms with Gasteiger partial charge in [0.2, 0.25) is 5.91 Å². The van der Waals surface area contributed by atoms with Crippen molar-refractivity contribution in [3.8, 4) is 5.75 Å². The number of ether oxygens (including phenoxy) is 1. The second kappa shape index (κ2) is 9.92. The van der Waals surface area contributed by atoms with Gasteiger partial charge in [-0.15, -0.1) is 0 Å². The molecule has 0 spiro atoms. The fourth-order valence-electron chi connectivity index (χ4n) is 4.60. The molecule has 1 aliphatic carbocycles. The second-order valence-electron chi connectivity index (χ2n) is 8.48. The van der Waals surface area contributed by atoms with Gasteiger partial charge >= 0.3 is 0 Å². The summed E-state index contributed by atoms with van der Waals surface area (Å²) in [6.07, 6.45) is 4.68. The van der Waals surface area contributed by atoms with Gasteiger partial charge < -0.3 is 10.1 Å². The van der Waals surface area contributed by atoms with Crippen molar-refractivity contribution >= 4 is 51.4 Å². The summed E-state index contributed by atoms with van der Waals surface area (Å²) in [4.78, 5) is 43.3. The molecule has 7 nitrogen and oxygen atoms in total. The summed E-state index contributed by atoms with van der Waals surface area (Å²) in [5, 5.41) is 3.48. The Morgan fingerprint density at radius 1 is 1.14 bits per heavy atom. The Labute approximate surface area is 207 Å². The average molecular weight is 488 g/mol. The van der Waals surface area contributed by atoms with Gasteiger partial charge in [0.1, 0.15) is 5.75 Å². The lowest BCUT2D eigenvalue weighted by Crippen LogP contribution is -2.38. The van der Waals surface area contributed by atoms with Crippen LogP contribution in [-0.2, 0) is 11.2 Å². The molecule has 35 heavy (non-hydrogen) atoms. The maximum Gasteiger partial charge on any atom is 0.288 e. The van der Waals surface area contributed by atoms with Crippen LogP contribution in [0, 0.1) is 0 Å². The van der Waals surface area contributed by atoms with E-state index in [0.29, 0.717) is 5.56 Å². The second-order valence-corrected chi connectivity index (χ2v) is 9.41. The first kappa shape index (κ1) is 23.1. The molecule has 3 amide bonds. The molecule has 2 aromatic carbocycles. The summed E-state index contributed by atoms with van der Waals surface area (Å²) >= 11 is 0.995. The van der Waals surface area contributed by atoms with E-state index in [-0.39, 0.29) is 35.9 Å². The molecule has 1 saturated heterocycles. The molecule has 178 valence electrons. The fraction of sp³-hybridized carbons (Fsp3) is 0.259. The number of imide groups is 1. The Morgan fingerprint density at radius 2 is 1.94 bits per heavy atom. The smallest absolute Gasteiger partial charge is 0.288 e.